The molecule has 0 aromatic carbocycles. The van der Waals surface area contributed by atoms with E-state index in [1.807, 2.05) is 0 Å². The molecular weight excluding hydrogens is 332 g/mol. The lowest BCUT2D eigenvalue weighted by Gasteiger charge is -2.23. The van der Waals surface area contributed by atoms with Gasteiger partial charge in [-0.2, -0.15) is 0 Å². The summed E-state index contributed by atoms with van der Waals surface area (Å²) in [5.41, 5.74) is 0. The molecule has 0 aliphatic carbocycles. The van der Waals surface area contributed by atoms with E-state index >= 15 is 0 Å². The minimum atomic E-state index is -0.801. The van der Waals surface area contributed by atoms with Gasteiger partial charge in [0, 0.05) is 0 Å². The van der Waals surface area contributed by atoms with Crippen LogP contribution in [0.15, 0.2) is 0 Å². The van der Waals surface area contributed by atoms with E-state index in [0.717, 1.165) is 38.5 Å². The fourth-order valence-corrected chi connectivity index (χ4v) is 4.28. The van der Waals surface area contributed by atoms with Gasteiger partial charge in [0.15, 0.2) is 0 Å². The minimum absolute atomic E-state index is 0.0125. The number of hydrogen-bond acceptors (Lipinski definition) is 5. The van der Waals surface area contributed by atoms with E-state index in [2.05, 4.69) is 6.92 Å². The Bertz CT molecular complexity index is 364. The highest BCUT2D eigenvalue weighted by Gasteiger charge is 2.40. The standard InChI is InChI=1S/C21H40O5/c1-2-3-4-5-6-7-8-9-10-16(23)18-11-13-20(25-18)21-14-12-19(26-21)17(24)15-22/h16-24H,2-15H2,1H3/t16-,17+,18+,19+,20-,21-/m0/s1. The summed E-state index contributed by atoms with van der Waals surface area (Å²) in [7, 11) is 0. The van der Waals surface area contributed by atoms with Crippen LogP contribution in [-0.4, -0.2) is 58.6 Å². The van der Waals surface area contributed by atoms with Gasteiger partial charge in [-0.1, -0.05) is 58.3 Å². The van der Waals surface area contributed by atoms with Gasteiger partial charge in [-0.05, 0) is 32.1 Å². The molecule has 2 aliphatic heterocycles. The topological polar surface area (TPSA) is 79.2 Å². The van der Waals surface area contributed by atoms with Crippen molar-refractivity contribution >= 4 is 0 Å². The van der Waals surface area contributed by atoms with Gasteiger partial charge in [0.2, 0.25) is 0 Å². The second-order valence-electron chi connectivity index (χ2n) is 8.16. The molecule has 3 N–H and O–H groups in total. The normalized spacial score (nSPS) is 31.4. The molecule has 154 valence electrons. The van der Waals surface area contributed by atoms with Gasteiger partial charge in [-0.3, -0.25) is 0 Å². The Kier molecular flexibility index (Phi) is 10.4. The number of hydrogen-bond donors (Lipinski definition) is 3. The lowest BCUT2D eigenvalue weighted by molar-refractivity contribution is -0.114. The van der Waals surface area contributed by atoms with Gasteiger partial charge >= 0.3 is 0 Å². The first kappa shape index (κ1) is 22.1. The molecule has 26 heavy (non-hydrogen) atoms. The van der Waals surface area contributed by atoms with Crippen molar-refractivity contribution in [3.63, 3.8) is 0 Å². The number of aliphatic hydroxyl groups excluding tert-OH is 3. The van der Waals surface area contributed by atoms with Crippen LogP contribution in [0.4, 0.5) is 0 Å². The highest BCUT2D eigenvalue weighted by atomic mass is 16.6. The molecule has 0 spiro atoms. The Balaban J connectivity index is 1.55. The third-order valence-corrected chi connectivity index (χ3v) is 5.98. The van der Waals surface area contributed by atoms with Crippen molar-refractivity contribution in [3.05, 3.63) is 0 Å². The lowest BCUT2D eigenvalue weighted by atomic mass is 10.0. The van der Waals surface area contributed by atoms with Crippen LogP contribution in [0.3, 0.4) is 0 Å². The van der Waals surface area contributed by atoms with Gasteiger partial charge in [0.05, 0.1) is 37.1 Å². The number of unbranched alkanes of at least 4 members (excludes halogenated alkanes) is 7. The van der Waals surface area contributed by atoms with E-state index in [9.17, 15) is 10.2 Å². The van der Waals surface area contributed by atoms with Gasteiger partial charge in [0.25, 0.3) is 0 Å². The molecule has 0 amide bonds. The maximum Gasteiger partial charge on any atom is 0.103 e. The maximum atomic E-state index is 10.4. The van der Waals surface area contributed by atoms with Gasteiger partial charge < -0.3 is 24.8 Å². The zero-order chi connectivity index (χ0) is 18.8. The van der Waals surface area contributed by atoms with Crippen LogP contribution in [0.2, 0.25) is 0 Å². The van der Waals surface area contributed by atoms with Crippen LogP contribution in [0, 0.1) is 0 Å². The largest absolute Gasteiger partial charge is 0.394 e. The SMILES string of the molecule is CCCCCCCCCC[C@H](O)[C@H]1CC[C@@H]([C@@H]2CC[C@H]([C@H](O)CO)O2)O1. The second kappa shape index (κ2) is 12.3. The molecule has 0 bridgehead atoms. The molecule has 2 fully saturated rings. The van der Waals surface area contributed by atoms with E-state index in [4.69, 9.17) is 14.6 Å². The molecule has 0 saturated carbocycles. The van der Waals surface area contributed by atoms with E-state index in [1.165, 1.54) is 44.9 Å². The summed E-state index contributed by atoms with van der Waals surface area (Å²) < 4.78 is 11.9. The monoisotopic (exact) mass is 372 g/mol. The summed E-state index contributed by atoms with van der Waals surface area (Å²) in [6, 6.07) is 0. The van der Waals surface area contributed by atoms with E-state index < -0.39 is 6.10 Å². The molecule has 6 atom stereocenters. The van der Waals surface area contributed by atoms with Crippen LogP contribution in [-0.2, 0) is 9.47 Å². The summed E-state index contributed by atoms with van der Waals surface area (Å²) in [6.45, 7) is 1.98. The summed E-state index contributed by atoms with van der Waals surface area (Å²) >= 11 is 0. The summed E-state index contributed by atoms with van der Waals surface area (Å²) in [5, 5.41) is 29.2. The molecule has 2 saturated heterocycles. The first-order valence-corrected chi connectivity index (χ1v) is 10.9. The molecule has 2 heterocycles. The Morgan fingerprint density at radius 1 is 0.731 bits per heavy atom. The van der Waals surface area contributed by atoms with Crippen LogP contribution in [0.25, 0.3) is 0 Å². The molecule has 0 unspecified atom stereocenters. The molecule has 5 heteroatoms. The third-order valence-electron chi connectivity index (χ3n) is 5.98. The van der Waals surface area contributed by atoms with Gasteiger partial charge in [0.1, 0.15) is 6.10 Å². The third kappa shape index (κ3) is 7.08. The maximum absolute atomic E-state index is 10.4. The highest BCUT2D eigenvalue weighted by molar-refractivity contribution is 4.89. The van der Waals surface area contributed by atoms with Crippen LogP contribution in [0.5, 0.6) is 0 Å². The molecule has 2 aliphatic rings. The van der Waals surface area contributed by atoms with Crippen LogP contribution >= 0.6 is 0 Å². The number of ether oxygens (including phenoxy) is 2. The Morgan fingerprint density at radius 2 is 1.23 bits per heavy atom. The van der Waals surface area contributed by atoms with Crippen molar-refractivity contribution in [2.24, 2.45) is 0 Å². The van der Waals surface area contributed by atoms with Crippen molar-refractivity contribution in [2.75, 3.05) is 6.61 Å². The average molecular weight is 373 g/mol. The van der Waals surface area contributed by atoms with E-state index in [-0.39, 0.29) is 37.1 Å². The number of rotatable bonds is 13. The fourth-order valence-electron chi connectivity index (χ4n) is 4.28. The predicted molar refractivity (Wildman–Crippen MR) is 102 cm³/mol. The lowest BCUT2D eigenvalue weighted by Crippen LogP contribution is -2.34. The first-order valence-electron chi connectivity index (χ1n) is 10.9. The van der Waals surface area contributed by atoms with E-state index in [0.29, 0.717) is 0 Å². The van der Waals surface area contributed by atoms with Crippen molar-refractivity contribution in [3.8, 4) is 0 Å². The molecular formula is C21H40O5. The Hall–Kier alpha value is -0.200. The van der Waals surface area contributed by atoms with Crippen molar-refractivity contribution in [1.29, 1.82) is 0 Å². The van der Waals surface area contributed by atoms with Gasteiger partial charge in [-0.15, -0.1) is 0 Å². The fraction of sp³-hybridized carbons (Fsp3) is 1.00. The molecule has 5 nitrogen and oxygen atoms in total. The molecule has 0 radical (unpaired) electrons. The van der Waals surface area contributed by atoms with Crippen molar-refractivity contribution in [2.45, 2.75) is 127 Å². The second-order valence-corrected chi connectivity index (χ2v) is 8.16. The smallest absolute Gasteiger partial charge is 0.103 e. The predicted octanol–water partition coefficient (Wildman–Crippen LogP) is 3.33. The summed E-state index contributed by atoms with van der Waals surface area (Å²) in [4.78, 5) is 0. The van der Waals surface area contributed by atoms with Crippen LogP contribution in [0.1, 0.15) is 90.4 Å². The minimum Gasteiger partial charge on any atom is -0.394 e. The van der Waals surface area contributed by atoms with Gasteiger partial charge in [-0.25, -0.2) is 0 Å². The van der Waals surface area contributed by atoms with Crippen molar-refractivity contribution < 1.29 is 24.8 Å². The molecule has 2 rings (SSSR count). The molecule has 0 aromatic rings. The highest BCUT2D eigenvalue weighted by Crippen LogP contribution is 2.33. The zero-order valence-corrected chi connectivity index (χ0v) is 16.5. The number of aliphatic hydroxyl groups is 3. The zero-order valence-electron chi connectivity index (χ0n) is 16.5. The average Bonchev–Trinajstić information content (AvgIpc) is 3.32. The molecule has 0 aromatic heterocycles. The van der Waals surface area contributed by atoms with E-state index in [1.54, 1.807) is 0 Å². The van der Waals surface area contributed by atoms with Crippen LogP contribution < -0.4 is 0 Å². The van der Waals surface area contributed by atoms with Crippen molar-refractivity contribution in [1.82, 2.24) is 0 Å². The Labute approximate surface area is 159 Å². The first-order chi connectivity index (χ1) is 12.7. The Morgan fingerprint density at radius 3 is 1.77 bits per heavy atom. The quantitative estimate of drug-likeness (QED) is 0.432. The summed E-state index contributed by atoms with van der Waals surface area (Å²) in [5.74, 6) is 0. The summed E-state index contributed by atoms with van der Waals surface area (Å²) in [6.07, 6.45) is 12.9.